The van der Waals surface area contributed by atoms with Crippen LogP contribution >= 0.6 is 11.3 Å². The molecule has 0 atom stereocenters. The van der Waals surface area contributed by atoms with Gasteiger partial charge >= 0.3 is 0 Å². The molecule has 3 heterocycles. The van der Waals surface area contributed by atoms with E-state index in [0.29, 0.717) is 12.5 Å². The third-order valence-electron chi connectivity index (χ3n) is 3.08. The summed E-state index contributed by atoms with van der Waals surface area (Å²) in [6.07, 6.45) is 1.82. The van der Waals surface area contributed by atoms with E-state index >= 15 is 0 Å². The standard InChI is InChI=1S/C12H14N4OS/c1-9-2-3-11(17)16(14-9)8-10-6-15(7-10)12-13-4-5-18-12/h2-5,10H,6-8H2,1H3. The summed E-state index contributed by atoms with van der Waals surface area (Å²) in [5.74, 6) is 0.487. The van der Waals surface area contributed by atoms with Gasteiger partial charge in [-0.3, -0.25) is 4.79 Å². The fourth-order valence-electron chi connectivity index (χ4n) is 2.14. The van der Waals surface area contributed by atoms with E-state index in [1.807, 2.05) is 18.5 Å². The Hall–Kier alpha value is -1.69. The lowest BCUT2D eigenvalue weighted by Gasteiger charge is -2.39. The van der Waals surface area contributed by atoms with Crippen LogP contribution in [-0.4, -0.2) is 27.9 Å². The van der Waals surface area contributed by atoms with Crippen LogP contribution in [0, 0.1) is 12.8 Å². The van der Waals surface area contributed by atoms with Crippen LogP contribution in [0.4, 0.5) is 5.13 Å². The topological polar surface area (TPSA) is 51.0 Å². The first-order valence-electron chi connectivity index (χ1n) is 5.91. The molecule has 1 fully saturated rings. The lowest BCUT2D eigenvalue weighted by Crippen LogP contribution is -2.49. The molecular formula is C12H14N4OS. The zero-order valence-electron chi connectivity index (χ0n) is 10.1. The number of anilines is 1. The van der Waals surface area contributed by atoms with Crippen molar-refractivity contribution >= 4 is 16.5 Å². The molecule has 0 amide bonds. The van der Waals surface area contributed by atoms with Gasteiger partial charge in [-0.2, -0.15) is 5.10 Å². The maximum absolute atomic E-state index is 11.6. The van der Waals surface area contributed by atoms with Crippen molar-refractivity contribution in [2.24, 2.45) is 5.92 Å². The van der Waals surface area contributed by atoms with Gasteiger partial charge in [-0.15, -0.1) is 11.3 Å². The van der Waals surface area contributed by atoms with Gasteiger partial charge in [0.05, 0.1) is 12.2 Å². The Bertz CT molecular complexity index is 586. The molecule has 0 aliphatic carbocycles. The maximum atomic E-state index is 11.6. The third kappa shape index (κ3) is 2.15. The number of hydrogen-bond acceptors (Lipinski definition) is 5. The van der Waals surface area contributed by atoms with Crippen molar-refractivity contribution in [1.29, 1.82) is 0 Å². The fourth-order valence-corrected chi connectivity index (χ4v) is 2.80. The van der Waals surface area contributed by atoms with Crippen molar-refractivity contribution in [3.8, 4) is 0 Å². The normalized spacial score (nSPS) is 15.7. The third-order valence-corrected chi connectivity index (χ3v) is 3.91. The summed E-state index contributed by atoms with van der Waals surface area (Å²) in [6.45, 7) is 4.51. The minimum Gasteiger partial charge on any atom is -0.347 e. The average molecular weight is 262 g/mol. The van der Waals surface area contributed by atoms with E-state index in [0.717, 1.165) is 23.9 Å². The summed E-state index contributed by atoms with van der Waals surface area (Å²) in [7, 11) is 0. The minimum atomic E-state index is -0.0201. The van der Waals surface area contributed by atoms with E-state index in [1.165, 1.54) is 0 Å². The first-order valence-corrected chi connectivity index (χ1v) is 6.79. The highest BCUT2D eigenvalue weighted by atomic mass is 32.1. The molecule has 94 valence electrons. The molecule has 0 unspecified atom stereocenters. The molecule has 2 aromatic heterocycles. The summed E-state index contributed by atoms with van der Waals surface area (Å²) in [5, 5.41) is 7.30. The highest BCUT2D eigenvalue weighted by Crippen LogP contribution is 2.26. The van der Waals surface area contributed by atoms with Gasteiger partial charge in [0.15, 0.2) is 5.13 Å². The van der Waals surface area contributed by atoms with E-state index in [2.05, 4.69) is 15.0 Å². The Morgan fingerprint density at radius 3 is 3.00 bits per heavy atom. The van der Waals surface area contributed by atoms with Crippen LogP contribution in [0.3, 0.4) is 0 Å². The van der Waals surface area contributed by atoms with Crippen LogP contribution in [0.5, 0.6) is 0 Å². The molecular weight excluding hydrogens is 248 g/mol. The van der Waals surface area contributed by atoms with Gasteiger partial charge in [0.25, 0.3) is 5.56 Å². The minimum absolute atomic E-state index is 0.0201. The zero-order chi connectivity index (χ0) is 12.5. The van der Waals surface area contributed by atoms with Gasteiger partial charge in [0, 0.05) is 36.7 Å². The Kier molecular flexibility index (Phi) is 2.87. The molecule has 1 aliphatic heterocycles. The number of thiazole rings is 1. The van der Waals surface area contributed by atoms with Gasteiger partial charge in [0.2, 0.25) is 0 Å². The van der Waals surface area contributed by atoms with Crippen LogP contribution in [0.1, 0.15) is 5.69 Å². The van der Waals surface area contributed by atoms with Crippen molar-refractivity contribution < 1.29 is 0 Å². The Balaban J connectivity index is 1.63. The van der Waals surface area contributed by atoms with Gasteiger partial charge < -0.3 is 4.90 Å². The van der Waals surface area contributed by atoms with Crippen molar-refractivity contribution in [3.05, 3.63) is 39.8 Å². The molecule has 2 aromatic rings. The molecule has 0 aromatic carbocycles. The van der Waals surface area contributed by atoms with E-state index in [9.17, 15) is 4.79 Å². The monoisotopic (exact) mass is 262 g/mol. The van der Waals surface area contributed by atoms with Crippen LogP contribution < -0.4 is 10.5 Å². The van der Waals surface area contributed by atoms with Crippen LogP contribution in [0.2, 0.25) is 0 Å². The summed E-state index contributed by atoms with van der Waals surface area (Å²) in [5.41, 5.74) is 0.860. The molecule has 1 saturated heterocycles. The van der Waals surface area contributed by atoms with Crippen molar-refractivity contribution in [2.75, 3.05) is 18.0 Å². The Morgan fingerprint density at radius 1 is 1.44 bits per heavy atom. The van der Waals surface area contributed by atoms with Crippen LogP contribution in [0.15, 0.2) is 28.5 Å². The predicted molar refractivity (Wildman–Crippen MR) is 71.1 cm³/mol. The maximum Gasteiger partial charge on any atom is 0.266 e. The van der Waals surface area contributed by atoms with E-state index in [4.69, 9.17) is 0 Å². The quantitative estimate of drug-likeness (QED) is 0.832. The van der Waals surface area contributed by atoms with Gasteiger partial charge in [-0.25, -0.2) is 9.67 Å². The average Bonchev–Trinajstić information content (AvgIpc) is 2.80. The lowest BCUT2D eigenvalue weighted by molar-refractivity contribution is 0.333. The number of aryl methyl sites for hydroxylation is 1. The lowest BCUT2D eigenvalue weighted by atomic mass is 10.0. The van der Waals surface area contributed by atoms with Crippen molar-refractivity contribution in [1.82, 2.24) is 14.8 Å². The predicted octanol–water partition coefficient (Wildman–Crippen LogP) is 1.14. The molecule has 0 spiro atoms. The largest absolute Gasteiger partial charge is 0.347 e. The number of nitrogens with zero attached hydrogens (tertiary/aromatic N) is 4. The molecule has 18 heavy (non-hydrogen) atoms. The molecule has 0 saturated carbocycles. The summed E-state index contributed by atoms with van der Waals surface area (Å²) in [4.78, 5) is 18.1. The van der Waals surface area contributed by atoms with E-state index in [1.54, 1.807) is 28.2 Å². The van der Waals surface area contributed by atoms with Crippen LogP contribution in [0.25, 0.3) is 0 Å². The smallest absolute Gasteiger partial charge is 0.266 e. The number of aromatic nitrogens is 3. The molecule has 3 rings (SSSR count). The molecule has 0 radical (unpaired) electrons. The van der Waals surface area contributed by atoms with E-state index in [-0.39, 0.29) is 5.56 Å². The Morgan fingerprint density at radius 2 is 2.28 bits per heavy atom. The fraction of sp³-hybridized carbons (Fsp3) is 0.417. The summed E-state index contributed by atoms with van der Waals surface area (Å²) >= 11 is 1.65. The molecule has 0 N–H and O–H groups in total. The van der Waals surface area contributed by atoms with Gasteiger partial charge in [0.1, 0.15) is 0 Å². The molecule has 5 nitrogen and oxygen atoms in total. The SMILES string of the molecule is Cc1ccc(=O)n(CC2CN(c3nccs3)C2)n1. The second-order valence-electron chi connectivity index (χ2n) is 4.58. The second-order valence-corrected chi connectivity index (χ2v) is 5.45. The van der Waals surface area contributed by atoms with Crippen molar-refractivity contribution in [3.63, 3.8) is 0 Å². The summed E-state index contributed by atoms with van der Waals surface area (Å²) < 4.78 is 1.57. The molecule has 0 bridgehead atoms. The Labute approximate surface area is 109 Å². The molecule has 1 aliphatic rings. The first-order chi connectivity index (χ1) is 8.72. The summed E-state index contributed by atoms with van der Waals surface area (Å²) in [6, 6.07) is 3.33. The van der Waals surface area contributed by atoms with Gasteiger partial charge in [-0.1, -0.05) is 0 Å². The highest BCUT2D eigenvalue weighted by Gasteiger charge is 2.29. The first kappa shape index (κ1) is 11.4. The number of hydrogen-bond donors (Lipinski definition) is 0. The van der Waals surface area contributed by atoms with Gasteiger partial charge in [-0.05, 0) is 13.0 Å². The highest BCUT2D eigenvalue weighted by molar-refractivity contribution is 7.13. The van der Waals surface area contributed by atoms with Crippen molar-refractivity contribution in [2.45, 2.75) is 13.5 Å². The molecule has 6 heteroatoms. The van der Waals surface area contributed by atoms with E-state index < -0.39 is 0 Å². The van der Waals surface area contributed by atoms with Crippen LogP contribution in [-0.2, 0) is 6.54 Å². The second kappa shape index (κ2) is 4.53. The number of rotatable bonds is 3. The zero-order valence-corrected chi connectivity index (χ0v) is 10.9.